The molecule has 2 unspecified atom stereocenters. The molecule has 3 atom stereocenters. The van der Waals surface area contributed by atoms with Gasteiger partial charge in [0.1, 0.15) is 0 Å². The Kier molecular flexibility index (Phi) is 5.19. The molecule has 4 N–H and O–H groups in total. The van der Waals surface area contributed by atoms with E-state index in [0.717, 1.165) is 61.8 Å². The maximum atomic E-state index is 13.2. The lowest BCUT2D eigenvalue weighted by atomic mass is 9.69. The van der Waals surface area contributed by atoms with Crippen LogP contribution in [-0.4, -0.2) is 37.4 Å². The molecule has 1 aromatic rings. The number of anilines is 1. The second-order valence-electron chi connectivity index (χ2n) is 10.9. The Morgan fingerprint density at radius 2 is 1.73 bits per heavy atom. The monoisotopic (exact) mass is 475 g/mol. The van der Waals surface area contributed by atoms with E-state index < -0.39 is 33.6 Å². The zero-order valence-electron chi connectivity index (χ0n) is 19.3. The number of sulfonamides is 1. The van der Waals surface area contributed by atoms with Crippen molar-refractivity contribution in [3.8, 4) is 0 Å². The Hall–Kier alpha value is -2.29. The number of rotatable bonds is 5. The molecule has 0 radical (unpaired) electrons. The number of fused-ring (bicyclic) bond motifs is 4. The standard InChI is InChI=1S/C24H33N3O5S/c1-23(2)16-9-10-24(23,19(12-16)25-22(29)30)13-33(31,32)27-21(28)26-20-17-7-3-5-14(17)11-15-6-4-8-18(15)20/h11,16,19,25H,3-10,12-13H2,1-2H3,(H,29,30)(H2,26,27,28)/t16?,19?,24-/m1/s1. The van der Waals surface area contributed by atoms with Gasteiger partial charge in [0.25, 0.3) is 0 Å². The van der Waals surface area contributed by atoms with Crippen molar-refractivity contribution in [2.75, 3.05) is 11.1 Å². The molecule has 33 heavy (non-hydrogen) atoms. The van der Waals surface area contributed by atoms with Crippen LogP contribution < -0.4 is 15.4 Å². The van der Waals surface area contributed by atoms with E-state index in [2.05, 4.69) is 21.4 Å². The Labute approximate surface area is 195 Å². The summed E-state index contributed by atoms with van der Waals surface area (Å²) in [5.41, 5.74) is 4.53. The smallest absolute Gasteiger partial charge is 0.404 e. The molecule has 2 bridgehead atoms. The topological polar surface area (TPSA) is 125 Å². The maximum absolute atomic E-state index is 13.2. The van der Waals surface area contributed by atoms with E-state index in [1.165, 1.54) is 11.1 Å². The molecule has 4 aliphatic carbocycles. The molecular formula is C24H33N3O5S. The highest BCUT2D eigenvalue weighted by atomic mass is 32.2. The number of nitrogens with one attached hydrogen (secondary N) is 3. The molecule has 5 rings (SSSR count). The Morgan fingerprint density at radius 3 is 2.30 bits per heavy atom. The predicted molar refractivity (Wildman–Crippen MR) is 125 cm³/mol. The first-order valence-corrected chi connectivity index (χ1v) is 13.6. The van der Waals surface area contributed by atoms with Crippen molar-refractivity contribution in [2.24, 2.45) is 16.7 Å². The highest BCUT2D eigenvalue weighted by Crippen LogP contribution is 2.66. The van der Waals surface area contributed by atoms with Gasteiger partial charge in [-0.3, -0.25) is 0 Å². The first kappa shape index (κ1) is 22.5. The van der Waals surface area contributed by atoms with Crippen molar-refractivity contribution in [1.82, 2.24) is 10.0 Å². The van der Waals surface area contributed by atoms with Gasteiger partial charge in [0.05, 0.1) is 5.75 Å². The van der Waals surface area contributed by atoms with Crippen LogP contribution in [0.4, 0.5) is 15.3 Å². The highest BCUT2D eigenvalue weighted by Gasteiger charge is 2.65. The quantitative estimate of drug-likeness (QED) is 0.518. The van der Waals surface area contributed by atoms with Gasteiger partial charge >= 0.3 is 12.1 Å². The zero-order chi connectivity index (χ0) is 23.6. The fraction of sp³-hybridized carbons (Fsp3) is 0.667. The fourth-order valence-electron chi connectivity index (χ4n) is 7.39. The van der Waals surface area contributed by atoms with E-state index in [1.54, 1.807) is 0 Å². The number of amides is 3. The third-order valence-electron chi connectivity index (χ3n) is 9.14. The Balaban J connectivity index is 1.36. The molecule has 9 heteroatoms. The molecule has 2 saturated carbocycles. The van der Waals surface area contributed by atoms with Crippen molar-refractivity contribution in [2.45, 2.75) is 77.7 Å². The molecule has 180 valence electrons. The zero-order valence-corrected chi connectivity index (χ0v) is 20.1. The van der Waals surface area contributed by atoms with Gasteiger partial charge in [0, 0.05) is 17.1 Å². The second kappa shape index (κ2) is 7.61. The molecule has 0 heterocycles. The van der Waals surface area contributed by atoms with Crippen LogP contribution in [0.2, 0.25) is 0 Å². The number of aryl methyl sites for hydroxylation is 2. The van der Waals surface area contributed by atoms with Gasteiger partial charge in [-0.2, -0.15) is 0 Å². The summed E-state index contributed by atoms with van der Waals surface area (Å²) in [5.74, 6) is -0.0137. The van der Waals surface area contributed by atoms with E-state index in [-0.39, 0.29) is 17.1 Å². The van der Waals surface area contributed by atoms with Gasteiger partial charge in [0.2, 0.25) is 10.0 Å². The average Bonchev–Trinajstić information content (AvgIpc) is 3.44. The maximum Gasteiger partial charge on any atom is 0.404 e. The minimum Gasteiger partial charge on any atom is -0.465 e. The molecular weight excluding hydrogens is 442 g/mol. The molecule has 0 spiro atoms. The third-order valence-corrected chi connectivity index (χ3v) is 10.5. The lowest BCUT2D eigenvalue weighted by Gasteiger charge is -2.42. The number of carbonyl (C=O) groups excluding carboxylic acids is 1. The molecule has 3 amide bonds. The van der Waals surface area contributed by atoms with E-state index in [4.69, 9.17) is 0 Å². The van der Waals surface area contributed by atoms with Gasteiger partial charge in [-0.25, -0.2) is 22.7 Å². The largest absolute Gasteiger partial charge is 0.465 e. The summed E-state index contributed by atoms with van der Waals surface area (Å²) in [7, 11) is -3.99. The SMILES string of the molecule is CC1(C)C2CC[C@@]1(CS(=O)(=O)NC(=O)Nc1c3c(cc4c1CCC4)CCC3)C(NC(=O)O)C2. The van der Waals surface area contributed by atoms with Crippen molar-refractivity contribution in [3.05, 3.63) is 28.3 Å². The van der Waals surface area contributed by atoms with Crippen LogP contribution in [0.25, 0.3) is 0 Å². The number of hydrogen-bond acceptors (Lipinski definition) is 4. The van der Waals surface area contributed by atoms with Crippen LogP contribution in [0, 0.1) is 16.7 Å². The molecule has 0 saturated heterocycles. The third kappa shape index (κ3) is 3.59. The summed E-state index contributed by atoms with van der Waals surface area (Å²) >= 11 is 0. The molecule has 0 aromatic heterocycles. The minimum atomic E-state index is -3.99. The van der Waals surface area contributed by atoms with Crippen molar-refractivity contribution in [1.29, 1.82) is 0 Å². The Morgan fingerprint density at radius 1 is 1.09 bits per heavy atom. The Bertz CT molecular complexity index is 1100. The van der Waals surface area contributed by atoms with Crippen LogP contribution in [0.5, 0.6) is 0 Å². The van der Waals surface area contributed by atoms with Crippen molar-refractivity contribution >= 4 is 27.8 Å². The van der Waals surface area contributed by atoms with Crippen LogP contribution in [-0.2, 0) is 35.7 Å². The molecule has 1 aromatic carbocycles. The minimum absolute atomic E-state index is 0.257. The summed E-state index contributed by atoms with van der Waals surface area (Å²) in [6.45, 7) is 4.06. The van der Waals surface area contributed by atoms with Gasteiger partial charge in [-0.1, -0.05) is 19.9 Å². The molecule has 2 fully saturated rings. The van der Waals surface area contributed by atoms with Crippen LogP contribution in [0.1, 0.15) is 68.2 Å². The highest BCUT2D eigenvalue weighted by molar-refractivity contribution is 7.90. The lowest BCUT2D eigenvalue weighted by molar-refractivity contribution is 0.118. The molecule has 8 nitrogen and oxygen atoms in total. The number of carboxylic acid groups (broad SMARTS) is 1. The summed E-state index contributed by atoms with van der Waals surface area (Å²) in [4.78, 5) is 24.3. The van der Waals surface area contributed by atoms with E-state index in [1.807, 2.05) is 13.8 Å². The number of carbonyl (C=O) groups is 2. The van der Waals surface area contributed by atoms with Crippen molar-refractivity contribution in [3.63, 3.8) is 0 Å². The van der Waals surface area contributed by atoms with Gasteiger partial charge in [0.15, 0.2) is 0 Å². The first-order valence-electron chi connectivity index (χ1n) is 12.0. The molecule has 0 aliphatic heterocycles. The second-order valence-corrected chi connectivity index (χ2v) is 12.6. The lowest BCUT2D eigenvalue weighted by Crippen LogP contribution is -2.54. The predicted octanol–water partition coefficient (Wildman–Crippen LogP) is 3.58. The van der Waals surface area contributed by atoms with Crippen LogP contribution >= 0.6 is 0 Å². The van der Waals surface area contributed by atoms with E-state index >= 15 is 0 Å². The first-order chi connectivity index (χ1) is 15.5. The van der Waals surface area contributed by atoms with Crippen molar-refractivity contribution < 1.29 is 23.1 Å². The van der Waals surface area contributed by atoms with Gasteiger partial charge in [-0.15, -0.1) is 0 Å². The number of hydrogen-bond donors (Lipinski definition) is 4. The summed E-state index contributed by atoms with van der Waals surface area (Å²) in [5, 5.41) is 14.8. The van der Waals surface area contributed by atoms with E-state index in [0.29, 0.717) is 12.8 Å². The average molecular weight is 476 g/mol. The summed E-state index contributed by atoms with van der Waals surface area (Å²) in [6, 6.07) is 1.09. The van der Waals surface area contributed by atoms with E-state index in [9.17, 15) is 23.1 Å². The molecule has 4 aliphatic rings. The van der Waals surface area contributed by atoms with Gasteiger partial charge < -0.3 is 15.7 Å². The normalized spacial score (nSPS) is 28.9. The summed E-state index contributed by atoms with van der Waals surface area (Å²) < 4.78 is 28.7. The number of urea groups is 1. The number of benzene rings is 1. The van der Waals surface area contributed by atoms with Crippen LogP contribution in [0.3, 0.4) is 0 Å². The fourth-order valence-corrected chi connectivity index (χ4v) is 9.20. The summed E-state index contributed by atoms with van der Waals surface area (Å²) in [6.07, 6.45) is 6.85. The van der Waals surface area contributed by atoms with Crippen LogP contribution in [0.15, 0.2) is 6.07 Å². The van der Waals surface area contributed by atoms with Gasteiger partial charge in [-0.05, 0) is 91.4 Å².